The Morgan fingerprint density at radius 3 is 2.42 bits per heavy atom. The Balaban J connectivity index is 1.44. The van der Waals surface area contributed by atoms with Crippen molar-refractivity contribution in [2.24, 2.45) is 0 Å². The normalized spacial score (nSPS) is 14.3. The second-order valence-corrected chi connectivity index (χ2v) is 5.77. The molecule has 0 aliphatic carbocycles. The summed E-state index contributed by atoms with van der Waals surface area (Å²) in [6, 6.07) is 8.18. The van der Waals surface area contributed by atoms with E-state index >= 15 is 0 Å². The van der Waals surface area contributed by atoms with Gasteiger partial charge < -0.3 is 15.1 Å². The number of anilines is 4. The molecule has 1 aliphatic heterocycles. The third kappa shape index (κ3) is 3.51. The van der Waals surface area contributed by atoms with Crippen LogP contribution in [0, 0.1) is 5.82 Å². The van der Waals surface area contributed by atoms with Crippen molar-refractivity contribution < 1.29 is 4.39 Å². The zero-order chi connectivity index (χ0) is 17.8. The van der Waals surface area contributed by atoms with Crippen LogP contribution in [0.5, 0.6) is 0 Å². The molecule has 1 N–H and O–H groups in total. The Hall–Kier alpha value is -3.36. The standard InChI is InChI=1S/C17H17FN8/c18-13-4-1-2-5-14(13)22-16-23-15(12-21-24-16)25-8-10-26(11-9-25)17-19-6-3-7-20-17/h1-7,12H,8-11H2,(H,22,23,24). The Bertz CT molecular complexity index is 867. The van der Waals surface area contributed by atoms with Gasteiger partial charge in [0.2, 0.25) is 11.9 Å². The van der Waals surface area contributed by atoms with Crippen molar-refractivity contribution in [3.63, 3.8) is 0 Å². The molecule has 3 heterocycles. The molecule has 0 saturated carbocycles. The first kappa shape index (κ1) is 16.1. The predicted molar refractivity (Wildman–Crippen MR) is 96.0 cm³/mol. The van der Waals surface area contributed by atoms with Gasteiger partial charge in [-0.25, -0.2) is 14.4 Å². The minimum Gasteiger partial charge on any atom is -0.352 e. The van der Waals surface area contributed by atoms with Crippen LogP contribution >= 0.6 is 0 Å². The molecule has 4 rings (SSSR count). The van der Waals surface area contributed by atoms with Crippen LogP contribution in [0.3, 0.4) is 0 Å². The highest BCUT2D eigenvalue weighted by atomic mass is 19.1. The molecule has 8 nitrogen and oxygen atoms in total. The Labute approximate surface area is 149 Å². The number of para-hydroxylation sites is 1. The lowest BCUT2D eigenvalue weighted by molar-refractivity contribution is 0.629. The number of halogens is 1. The molecule has 0 radical (unpaired) electrons. The monoisotopic (exact) mass is 352 g/mol. The van der Waals surface area contributed by atoms with Crippen molar-refractivity contribution in [1.29, 1.82) is 0 Å². The number of rotatable bonds is 4. The minimum absolute atomic E-state index is 0.265. The molecular formula is C17H17FN8. The smallest absolute Gasteiger partial charge is 0.249 e. The van der Waals surface area contributed by atoms with E-state index in [0.29, 0.717) is 11.5 Å². The second-order valence-electron chi connectivity index (χ2n) is 5.77. The molecule has 0 unspecified atom stereocenters. The summed E-state index contributed by atoms with van der Waals surface area (Å²) in [4.78, 5) is 17.3. The average Bonchev–Trinajstić information content (AvgIpc) is 2.71. The quantitative estimate of drug-likeness (QED) is 0.762. The fourth-order valence-electron chi connectivity index (χ4n) is 2.77. The van der Waals surface area contributed by atoms with Crippen LogP contribution in [0.4, 0.5) is 27.8 Å². The summed E-state index contributed by atoms with van der Waals surface area (Å²) in [5.41, 5.74) is 0.317. The van der Waals surface area contributed by atoms with Gasteiger partial charge in [-0.15, -0.1) is 5.10 Å². The van der Waals surface area contributed by atoms with Gasteiger partial charge >= 0.3 is 0 Å². The lowest BCUT2D eigenvalue weighted by Gasteiger charge is -2.35. The molecule has 26 heavy (non-hydrogen) atoms. The van der Waals surface area contributed by atoms with Crippen LogP contribution in [-0.4, -0.2) is 51.3 Å². The van der Waals surface area contributed by atoms with E-state index < -0.39 is 0 Å². The van der Waals surface area contributed by atoms with Crippen molar-refractivity contribution >= 4 is 23.4 Å². The van der Waals surface area contributed by atoms with E-state index in [1.165, 1.54) is 6.07 Å². The number of benzene rings is 1. The van der Waals surface area contributed by atoms with Gasteiger partial charge in [0.05, 0.1) is 11.9 Å². The van der Waals surface area contributed by atoms with Gasteiger partial charge in [0, 0.05) is 38.6 Å². The van der Waals surface area contributed by atoms with Crippen molar-refractivity contribution in [2.75, 3.05) is 41.3 Å². The molecule has 9 heteroatoms. The van der Waals surface area contributed by atoms with E-state index in [0.717, 1.165) is 32.1 Å². The van der Waals surface area contributed by atoms with E-state index in [4.69, 9.17) is 0 Å². The highest BCUT2D eigenvalue weighted by Crippen LogP contribution is 2.19. The zero-order valence-electron chi connectivity index (χ0n) is 14.0. The van der Waals surface area contributed by atoms with Crippen LogP contribution < -0.4 is 15.1 Å². The molecule has 132 valence electrons. The molecule has 1 aliphatic rings. The molecular weight excluding hydrogens is 335 g/mol. The van der Waals surface area contributed by atoms with Crippen molar-refractivity contribution in [3.8, 4) is 0 Å². The molecule has 0 amide bonds. The largest absolute Gasteiger partial charge is 0.352 e. The maximum Gasteiger partial charge on any atom is 0.249 e. The Morgan fingerprint density at radius 1 is 0.923 bits per heavy atom. The maximum atomic E-state index is 13.8. The average molecular weight is 352 g/mol. The van der Waals surface area contributed by atoms with Gasteiger partial charge in [-0.05, 0) is 18.2 Å². The summed E-state index contributed by atoms with van der Waals surface area (Å²) in [7, 11) is 0. The summed E-state index contributed by atoms with van der Waals surface area (Å²) in [5, 5.41) is 10.8. The van der Waals surface area contributed by atoms with Crippen molar-refractivity contribution in [1.82, 2.24) is 25.1 Å². The van der Waals surface area contributed by atoms with Crippen LogP contribution in [0.15, 0.2) is 48.9 Å². The van der Waals surface area contributed by atoms with Crippen LogP contribution in [0.1, 0.15) is 0 Å². The van der Waals surface area contributed by atoms with E-state index in [9.17, 15) is 4.39 Å². The highest BCUT2D eigenvalue weighted by molar-refractivity contribution is 5.55. The summed E-state index contributed by atoms with van der Waals surface area (Å²) in [6.45, 7) is 3.08. The number of nitrogens with one attached hydrogen (secondary N) is 1. The first-order valence-corrected chi connectivity index (χ1v) is 8.28. The SMILES string of the molecule is Fc1ccccc1Nc1nncc(N2CCN(c3ncccn3)CC2)n1. The fraction of sp³-hybridized carbons (Fsp3) is 0.235. The van der Waals surface area contributed by atoms with Crippen molar-refractivity contribution in [3.05, 3.63) is 54.7 Å². The molecule has 0 spiro atoms. The highest BCUT2D eigenvalue weighted by Gasteiger charge is 2.20. The number of piperazine rings is 1. The van der Waals surface area contributed by atoms with E-state index in [-0.39, 0.29) is 11.8 Å². The first-order chi connectivity index (χ1) is 12.8. The molecule has 2 aromatic heterocycles. The number of hydrogen-bond donors (Lipinski definition) is 1. The van der Waals surface area contributed by atoms with Crippen molar-refractivity contribution in [2.45, 2.75) is 0 Å². The van der Waals surface area contributed by atoms with Gasteiger partial charge in [-0.3, -0.25) is 0 Å². The third-order valence-electron chi connectivity index (χ3n) is 4.11. The molecule has 0 bridgehead atoms. The number of nitrogens with zero attached hydrogens (tertiary/aromatic N) is 7. The number of hydrogen-bond acceptors (Lipinski definition) is 8. The lowest BCUT2D eigenvalue weighted by atomic mass is 10.3. The zero-order valence-corrected chi connectivity index (χ0v) is 14.0. The maximum absolute atomic E-state index is 13.8. The van der Waals surface area contributed by atoms with Crippen LogP contribution in [-0.2, 0) is 0 Å². The van der Waals surface area contributed by atoms with Gasteiger partial charge in [-0.2, -0.15) is 10.1 Å². The van der Waals surface area contributed by atoms with Gasteiger partial charge in [0.15, 0.2) is 5.82 Å². The van der Waals surface area contributed by atoms with Gasteiger partial charge in [0.25, 0.3) is 0 Å². The number of aromatic nitrogens is 5. The van der Waals surface area contributed by atoms with Gasteiger partial charge in [-0.1, -0.05) is 12.1 Å². The summed E-state index contributed by atoms with van der Waals surface area (Å²) in [5.74, 6) is 1.33. The molecule has 1 fully saturated rings. The molecule has 1 aromatic carbocycles. The summed E-state index contributed by atoms with van der Waals surface area (Å²) >= 11 is 0. The topological polar surface area (TPSA) is 83.0 Å². The summed E-state index contributed by atoms with van der Waals surface area (Å²) < 4.78 is 13.8. The predicted octanol–water partition coefficient (Wildman–Crippen LogP) is 1.87. The third-order valence-corrected chi connectivity index (χ3v) is 4.11. The second kappa shape index (κ2) is 7.26. The first-order valence-electron chi connectivity index (χ1n) is 8.28. The van der Waals surface area contributed by atoms with E-state index in [2.05, 4.69) is 40.3 Å². The Kier molecular flexibility index (Phi) is 4.50. The lowest BCUT2D eigenvalue weighted by Crippen LogP contribution is -2.47. The van der Waals surface area contributed by atoms with E-state index in [1.54, 1.807) is 42.9 Å². The summed E-state index contributed by atoms with van der Waals surface area (Å²) in [6.07, 6.45) is 5.09. The van der Waals surface area contributed by atoms with Gasteiger partial charge in [0.1, 0.15) is 5.82 Å². The fourth-order valence-corrected chi connectivity index (χ4v) is 2.77. The Morgan fingerprint density at radius 2 is 1.65 bits per heavy atom. The van der Waals surface area contributed by atoms with E-state index in [1.807, 2.05) is 0 Å². The van der Waals surface area contributed by atoms with Crippen LogP contribution in [0.2, 0.25) is 0 Å². The molecule has 1 saturated heterocycles. The molecule has 3 aromatic rings. The van der Waals surface area contributed by atoms with Crippen LogP contribution in [0.25, 0.3) is 0 Å². The molecule has 0 atom stereocenters. The minimum atomic E-state index is -0.363.